The molecule has 0 saturated carbocycles. The number of pyridine rings is 1. The summed E-state index contributed by atoms with van der Waals surface area (Å²) in [6.07, 6.45) is 3.44. The van der Waals surface area contributed by atoms with Crippen LogP contribution in [0.15, 0.2) is 54.9 Å². The maximum atomic E-state index is 14.8. The molecule has 1 amide bonds. The Bertz CT molecular complexity index is 1380. The predicted octanol–water partition coefficient (Wildman–Crippen LogP) is 5.89. The van der Waals surface area contributed by atoms with Crippen molar-refractivity contribution in [3.8, 4) is 22.9 Å². The fraction of sp³-hybridized carbons (Fsp3) is 0.231. The van der Waals surface area contributed by atoms with Crippen molar-refractivity contribution >= 4 is 28.3 Å². The van der Waals surface area contributed by atoms with Gasteiger partial charge in [-0.25, -0.2) is 19.3 Å². The molecule has 0 fully saturated rings. The number of rotatable bonds is 5. The van der Waals surface area contributed by atoms with Crippen molar-refractivity contribution in [1.29, 1.82) is 0 Å². The number of nitrogens with one attached hydrogen (secondary N) is 1. The van der Waals surface area contributed by atoms with Gasteiger partial charge in [0, 0.05) is 29.6 Å². The van der Waals surface area contributed by atoms with Crippen LogP contribution in [0.25, 0.3) is 22.0 Å². The number of fused-ring (bicyclic) bond motifs is 1. The molecular weight excluding hydrogens is 433 g/mol. The predicted molar refractivity (Wildman–Crippen MR) is 131 cm³/mol. The van der Waals surface area contributed by atoms with Crippen molar-refractivity contribution < 1.29 is 13.9 Å². The zero-order chi connectivity index (χ0) is 24.5. The maximum Gasteiger partial charge on any atom is 0.228 e. The summed E-state index contributed by atoms with van der Waals surface area (Å²) in [5, 5.41) is 3.93. The number of anilines is 2. The van der Waals surface area contributed by atoms with Crippen LogP contribution >= 0.6 is 0 Å². The second-order valence-electron chi connectivity index (χ2n) is 9.27. The van der Waals surface area contributed by atoms with Crippen LogP contribution in [0.5, 0.6) is 11.6 Å². The minimum Gasteiger partial charge on any atom is -0.437 e. The number of carbonyl (C=O) groups is 1. The molecule has 2 heterocycles. The van der Waals surface area contributed by atoms with E-state index in [1.54, 1.807) is 36.7 Å². The Hall–Kier alpha value is -4.07. The van der Waals surface area contributed by atoms with Gasteiger partial charge in [-0.2, -0.15) is 0 Å². The van der Waals surface area contributed by atoms with Gasteiger partial charge in [-0.15, -0.1) is 0 Å². The quantitative estimate of drug-likeness (QED) is 0.386. The summed E-state index contributed by atoms with van der Waals surface area (Å²) >= 11 is 0. The molecule has 0 atom stereocenters. The number of aryl methyl sites for hydroxylation is 1. The zero-order valence-corrected chi connectivity index (χ0v) is 19.5. The van der Waals surface area contributed by atoms with Crippen LogP contribution in [0, 0.1) is 18.2 Å². The fourth-order valence-corrected chi connectivity index (χ4v) is 3.68. The van der Waals surface area contributed by atoms with Gasteiger partial charge in [0.15, 0.2) is 0 Å². The Labute approximate surface area is 197 Å². The first kappa shape index (κ1) is 23.1. The van der Waals surface area contributed by atoms with E-state index in [2.05, 4.69) is 20.3 Å². The molecule has 0 unspecified atom stereocenters. The van der Waals surface area contributed by atoms with Crippen molar-refractivity contribution in [2.24, 2.45) is 5.41 Å². The zero-order valence-electron chi connectivity index (χ0n) is 19.5. The molecule has 8 heteroatoms. The Morgan fingerprint density at radius 2 is 1.82 bits per heavy atom. The third kappa shape index (κ3) is 4.96. The highest BCUT2D eigenvalue weighted by molar-refractivity contribution is 6.05. The summed E-state index contributed by atoms with van der Waals surface area (Å²) in [7, 11) is 0. The topological polar surface area (TPSA) is 103 Å². The number of nitrogens with two attached hydrogens (primary N) is 1. The first-order valence-electron chi connectivity index (χ1n) is 10.9. The van der Waals surface area contributed by atoms with Gasteiger partial charge in [-0.05, 0) is 48.2 Å². The third-order valence-corrected chi connectivity index (χ3v) is 5.17. The van der Waals surface area contributed by atoms with Crippen molar-refractivity contribution in [3.05, 3.63) is 66.2 Å². The van der Waals surface area contributed by atoms with Crippen LogP contribution in [0.2, 0.25) is 0 Å². The first-order valence-corrected chi connectivity index (χ1v) is 10.9. The van der Waals surface area contributed by atoms with Crippen LogP contribution in [-0.4, -0.2) is 20.9 Å². The molecule has 7 nitrogen and oxygen atoms in total. The standard InChI is InChI=1S/C26H26FN5O2/c1-15-7-8-16-17(9-10-19(27)22(16)32-21(33)14-26(2,3)4)23(15)34-24-18(6-5-12-29-24)20-11-13-30-25(28)31-20/h5-13H,14H2,1-4H3,(H,32,33)(H2,28,30,31). The number of amides is 1. The number of nitrogen functional groups attached to an aromatic ring is 1. The molecule has 0 saturated heterocycles. The molecule has 3 N–H and O–H groups in total. The summed E-state index contributed by atoms with van der Waals surface area (Å²) in [5.41, 5.74) is 7.67. The third-order valence-electron chi connectivity index (χ3n) is 5.17. The number of hydrogen-bond donors (Lipinski definition) is 2. The summed E-state index contributed by atoms with van der Waals surface area (Å²) in [5.74, 6) is 0.194. The summed E-state index contributed by atoms with van der Waals surface area (Å²) in [6, 6.07) is 11.9. The molecule has 34 heavy (non-hydrogen) atoms. The monoisotopic (exact) mass is 459 g/mol. The Kier molecular flexibility index (Phi) is 6.15. The van der Waals surface area contributed by atoms with E-state index in [9.17, 15) is 9.18 Å². The number of halogens is 1. The Balaban J connectivity index is 1.78. The number of hydrogen-bond acceptors (Lipinski definition) is 6. The SMILES string of the molecule is Cc1ccc2c(NC(=O)CC(C)(C)C)c(F)ccc2c1Oc1ncccc1-c1ccnc(N)n1. The summed E-state index contributed by atoms with van der Waals surface area (Å²) in [4.78, 5) is 25.1. The number of ether oxygens (including phenoxy) is 1. The van der Waals surface area contributed by atoms with Gasteiger partial charge < -0.3 is 15.8 Å². The normalized spacial score (nSPS) is 11.4. The summed E-state index contributed by atoms with van der Waals surface area (Å²) in [6.45, 7) is 7.76. The first-order chi connectivity index (χ1) is 16.1. The Morgan fingerprint density at radius 1 is 1.06 bits per heavy atom. The molecular formula is C26H26FN5O2. The van der Waals surface area contributed by atoms with E-state index in [0.29, 0.717) is 33.7 Å². The fourth-order valence-electron chi connectivity index (χ4n) is 3.68. The number of benzene rings is 2. The molecule has 0 bridgehead atoms. The van der Waals surface area contributed by atoms with Crippen molar-refractivity contribution in [3.63, 3.8) is 0 Å². The van der Waals surface area contributed by atoms with Gasteiger partial charge in [-0.3, -0.25) is 4.79 Å². The molecule has 2 aromatic heterocycles. The van der Waals surface area contributed by atoms with E-state index in [0.717, 1.165) is 5.56 Å². The molecule has 0 aliphatic rings. The molecule has 4 aromatic rings. The second-order valence-corrected chi connectivity index (χ2v) is 9.27. The highest BCUT2D eigenvalue weighted by Crippen LogP contribution is 2.39. The molecule has 4 rings (SSSR count). The Morgan fingerprint density at radius 3 is 2.56 bits per heavy atom. The van der Waals surface area contributed by atoms with Gasteiger partial charge in [0.2, 0.25) is 17.7 Å². The van der Waals surface area contributed by atoms with E-state index >= 15 is 0 Å². The van der Waals surface area contributed by atoms with Gasteiger partial charge in [0.1, 0.15) is 11.6 Å². The van der Waals surface area contributed by atoms with Gasteiger partial charge in [-0.1, -0.05) is 32.9 Å². The van der Waals surface area contributed by atoms with E-state index in [-0.39, 0.29) is 29.4 Å². The smallest absolute Gasteiger partial charge is 0.228 e. The molecule has 0 aliphatic heterocycles. The van der Waals surface area contributed by atoms with E-state index < -0.39 is 5.82 Å². The van der Waals surface area contributed by atoms with Crippen LogP contribution in [0.1, 0.15) is 32.8 Å². The second kappa shape index (κ2) is 9.05. The highest BCUT2D eigenvalue weighted by atomic mass is 19.1. The van der Waals surface area contributed by atoms with E-state index in [1.165, 1.54) is 6.07 Å². The lowest BCUT2D eigenvalue weighted by atomic mass is 9.92. The molecule has 0 radical (unpaired) electrons. The average molecular weight is 460 g/mol. The number of carbonyl (C=O) groups excluding carboxylic acids is 1. The van der Waals surface area contributed by atoms with Crippen LogP contribution in [0.4, 0.5) is 16.0 Å². The lowest BCUT2D eigenvalue weighted by Crippen LogP contribution is -2.20. The van der Waals surface area contributed by atoms with Crippen molar-refractivity contribution in [2.75, 3.05) is 11.1 Å². The maximum absolute atomic E-state index is 14.8. The molecule has 174 valence electrons. The summed E-state index contributed by atoms with van der Waals surface area (Å²) < 4.78 is 21.1. The van der Waals surface area contributed by atoms with Gasteiger partial charge in [0.25, 0.3) is 0 Å². The molecule has 0 spiro atoms. The van der Waals surface area contributed by atoms with Crippen LogP contribution in [-0.2, 0) is 4.79 Å². The average Bonchev–Trinajstić information content (AvgIpc) is 2.76. The lowest BCUT2D eigenvalue weighted by molar-refractivity contribution is -0.117. The lowest BCUT2D eigenvalue weighted by Gasteiger charge is -2.19. The van der Waals surface area contributed by atoms with Crippen LogP contribution in [0.3, 0.4) is 0 Å². The minimum absolute atomic E-state index is 0.126. The minimum atomic E-state index is -0.514. The van der Waals surface area contributed by atoms with Gasteiger partial charge in [0.05, 0.1) is 16.9 Å². The largest absolute Gasteiger partial charge is 0.437 e. The van der Waals surface area contributed by atoms with Crippen molar-refractivity contribution in [1.82, 2.24) is 15.0 Å². The highest BCUT2D eigenvalue weighted by Gasteiger charge is 2.20. The van der Waals surface area contributed by atoms with E-state index in [4.69, 9.17) is 10.5 Å². The number of nitrogens with zero attached hydrogens (tertiary/aromatic N) is 3. The van der Waals surface area contributed by atoms with Crippen LogP contribution < -0.4 is 15.8 Å². The number of aromatic nitrogens is 3. The van der Waals surface area contributed by atoms with Crippen molar-refractivity contribution in [2.45, 2.75) is 34.1 Å². The van der Waals surface area contributed by atoms with Gasteiger partial charge >= 0.3 is 0 Å². The van der Waals surface area contributed by atoms with E-state index in [1.807, 2.05) is 39.8 Å². The molecule has 0 aliphatic carbocycles. The molecule has 2 aromatic carbocycles.